The first-order chi connectivity index (χ1) is 4.31. The van der Waals surface area contributed by atoms with E-state index in [1.807, 2.05) is 0 Å². The minimum Gasteiger partial charge on any atom is -0.410 e. The summed E-state index contributed by atoms with van der Waals surface area (Å²) in [6.45, 7) is 2.44. The van der Waals surface area contributed by atoms with E-state index in [2.05, 4.69) is 5.16 Å². The average molecular weight is 149 g/mol. The van der Waals surface area contributed by atoms with Crippen LogP contribution in [0, 0.1) is 0 Å². The van der Waals surface area contributed by atoms with E-state index in [4.69, 9.17) is 9.94 Å². The van der Waals surface area contributed by atoms with Gasteiger partial charge in [-0.05, 0) is 6.92 Å². The number of oxime groups is 1. The van der Waals surface area contributed by atoms with Gasteiger partial charge in [-0.1, -0.05) is 5.16 Å². The van der Waals surface area contributed by atoms with Crippen molar-refractivity contribution in [3.8, 4) is 0 Å². The van der Waals surface area contributed by atoms with Crippen LogP contribution in [0.1, 0.15) is 6.92 Å². The Morgan fingerprint density at radius 1 is 1.78 bits per heavy atom. The third kappa shape index (κ3) is 5.65. The fraction of sp³-hybridized carbons (Fsp3) is 0.800. The molecule has 0 unspecified atom stereocenters. The van der Waals surface area contributed by atoms with Crippen LogP contribution in [0.25, 0.3) is 0 Å². The van der Waals surface area contributed by atoms with Gasteiger partial charge in [0.1, 0.15) is 5.04 Å². The maximum Gasteiger partial charge on any atom is 0.109 e. The van der Waals surface area contributed by atoms with Gasteiger partial charge >= 0.3 is 0 Å². The predicted molar refractivity (Wildman–Crippen MR) is 39.2 cm³/mol. The van der Waals surface area contributed by atoms with Crippen LogP contribution in [-0.4, -0.2) is 29.7 Å². The molecule has 0 aromatic rings. The molecule has 0 heterocycles. The number of rotatable bonds is 3. The Labute approximate surface area is 59.1 Å². The first kappa shape index (κ1) is 8.78. The van der Waals surface area contributed by atoms with Crippen molar-refractivity contribution in [2.45, 2.75) is 6.92 Å². The standard InChI is InChI=1S/C5H11NO2S/c1-5(6-7)9-4-3-8-2/h7H,3-4H2,1-2H3. The second-order valence-electron chi connectivity index (χ2n) is 1.46. The van der Waals surface area contributed by atoms with Gasteiger partial charge in [-0.25, -0.2) is 0 Å². The van der Waals surface area contributed by atoms with E-state index in [1.165, 1.54) is 11.8 Å². The first-order valence-electron chi connectivity index (χ1n) is 2.61. The molecule has 0 spiro atoms. The molecule has 0 amide bonds. The van der Waals surface area contributed by atoms with Gasteiger partial charge in [-0.3, -0.25) is 0 Å². The molecule has 0 aliphatic carbocycles. The molecule has 0 aromatic carbocycles. The van der Waals surface area contributed by atoms with Gasteiger partial charge in [0.05, 0.1) is 6.61 Å². The number of thioether (sulfide) groups is 1. The van der Waals surface area contributed by atoms with Crippen LogP contribution < -0.4 is 0 Å². The topological polar surface area (TPSA) is 41.8 Å². The molecule has 0 saturated carbocycles. The zero-order valence-corrected chi connectivity index (χ0v) is 6.44. The third-order valence-electron chi connectivity index (χ3n) is 0.739. The fourth-order valence-electron chi connectivity index (χ4n) is 0.302. The van der Waals surface area contributed by atoms with Crippen molar-refractivity contribution < 1.29 is 9.94 Å². The summed E-state index contributed by atoms with van der Waals surface area (Å²) in [4.78, 5) is 0. The Hall–Kier alpha value is -0.220. The summed E-state index contributed by atoms with van der Waals surface area (Å²) in [7, 11) is 1.64. The molecule has 0 radical (unpaired) electrons. The Balaban J connectivity index is 3.07. The third-order valence-corrected chi connectivity index (χ3v) is 1.61. The number of hydrogen-bond acceptors (Lipinski definition) is 4. The first-order valence-corrected chi connectivity index (χ1v) is 3.60. The Morgan fingerprint density at radius 3 is 2.89 bits per heavy atom. The van der Waals surface area contributed by atoms with Gasteiger partial charge < -0.3 is 9.94 Å². The van der Waals surface area contributed by atoms with E-state index in [-0.39, 0.29) is 0 Å². The van der Waals surface area contributed by atoms with Crippen molar-refractivity contribution in [1.29, 1.82) is 0 Å². The Morgan fingerprint density at radius 2 is 2.44 bits per heavy atom. The molecule has 0 bridgehead atoms. The zero-order chi connectivity index (χ0) is 7.11. The number of hydrogen-bond donors (Lipinski definition) is 1. The molecule has 0 rings (SSSR count). The minimum absolute atomic E-state index is 0.673. The fourth-order valence-corrected chi connectivity index (χ4v) is 0.905. The van der Waals surface area contributed by atoms with Crippen LogP contribution in [0.2, 0.25) is 0 Å². The maximum atomic E-state index is 8.16. The van der Waals surface area contributed by atoms with Crippen molar-refractivity contribution in [2.24, 2.45) is 5.16 Å². The number of nitrogens with zero attached hydrogens (tertiary/aromatic N) is 1. The van der Waals surface area contributed by atoms with E-state index in [0.717, 1.165) is 5.75 Å². The second kappa shape index (κ2) is 5.91. The Kier molecular flexibility index (Phi) is 5.76. The summed E-state index contributed by atoms with van der Waals surface area (Å²) >= 11 is 1.48. The normalized spacial score (nSPS) is 12.0. The summed E-state index contributed by atoms with van der Waals surface area (Å²) in [6.07, 6.45) is 0. The quantitative estimate of drug-likeness (QED) is 0.215. The summed E-state index contributed by atoms with van der Waals surface area (Å²) < 4.78 is 4.78. The second-order valence-corrected chi connectivity index (χ2v) is 2.75. The molecular weight excluding hydrogens is 138 g/mol. The van der Waals surface area contributed by atoms with Crippen LogP contribution in [-0.2, 0) is 4.74 Å². The lowest BCUT2D eigenvalue weighted by Gasteiger charge is -1.95. The van der Waals surface area contributed by atoms with Crippen LogP contribution in [0.5, 0.6) is 0 Å². The molecule has 0 aromatic heterocycles. The highest BCUT2D eigenvalue weighted by molar-refractivity contribution is 8.13. The minimum atomic E-state index is 0.673. The lowest BCUT2D eigenvalue weighted by molar-refractivity contribution is 0.219. The largest absolute Gasteiger partial charge is 0.410 e. The molecule has 3 nitrogen and oxygen atoms in total. The molecule has 0 saturated heterocycles. The van der Waals surface area contributed by atoms with E-state index in [9.17, 15) is 0 Å². The summed E-state index contributed by atoms with van der Waals surface area (Å²) in [5, 5.41) is 11.8. The van der Waals surface area contributed by atoms with E-state index in [0.29, 0.717) is 11.7 Å². The molecule has 9 heavy (non-hydrogen) atoms. The van der Waals surface area contributed by atoms with E-state index in [1.54, 1.807) is 14.0 Å². The van der Waals surface area contributed by atoms with Crippen LogP contribution >= 0.6 is 11.8 Å². The monoisotopic (exact) mass is 149 g/mol. The van der Waals surface area contributed by atoms with Gasteiger partial charge in [0.15, 0.2) is 0 Å². The smallest absolute Gasteiger partial charge is 0.109 e. The molecule has 0 aliphatic rings. The summed E-state index contributed by atoms with van der Waals surface area (Å²) in [5.41, 5.74) is 0. The summed E-state index contributed by atoms with van der Waals surface area (Å²) in [6, 6.07) is 0. The van der Waals surface area contributed by atoms with Crippen molar-refractivity contribution in [3.63, 3.8) is 0 Å². The molecule has 54 valence electrons. The van der Waals surface area contributed by atoms with Gasteiger partial charge in [0, 0.05) is 12.9 Å². The molecule has 0 fully saturated rings. The number of ether oxygens (including phenoxy) is 1. The van der Waals surface area contributed by atoms with Crippen molar-refractivity contribution in [2.75, 3.05) is 19.5 Å². The van der Waals surface area contributed by atoms with Gasteiger partial charge in [0.2, 0.25) is 0 Å². The lowest BCUT2D eigenvalue weighted by Crippen LogP contribution is -1.94. The Bertz CT molecular complexity index is 95.0. The van der Waals surface area contributed by atoms with Crippen LogP contribution in [0.15, 0.2) is 5.16 Å². The highest BCUT2D eigenvalue weighted by atomic mass is 32.2. The van der Waals surface area contributed by atoms with Crippen LogP contribution in [0.4, 0.5) is 0 Å². The molecular formula is C5H11NO2S. The van der Waals surface area contributed by atoms with Gasteiger partial charge in [-0.2, -0.15) is 0 Å². The van der Waals surface area contributed by atoms with Crippen molar-refractivity contribution in [1.82, 2.24) is 0 Å². The average Bonchev–Trinajstić information content (AvgIpc) is 1.89. The lowest BCUT2D eigenvalue weighted by atomic mass is 10.9. The molecule has 0 atom stereocenters. The van der Waals surface area contributed by atoms with Crippen LogP contribution in [0.3, 0.4) is 0 Å². The van der Waals surface area contributed by atoms with Gasteiger partial charge in [-0.15, -0.1) is 11.8 Å². The SMILES string of the molecule is COCCSC(C)=NO. The molecule has 0 aliphatic heterocycles. The van der Waals surface area contributed by atoms with Crippen molar-refractivity contribution >= 4 is 16.8 Å². The highest BCUT2D eigenvalue weighted by Crippen LogP contribution is 2.01. The van der Waals surface area contributed by atoms with Gasteiger partial charge in [0.25, 0.3) is 0 Å². The molecule has 1 N–H and O–H groups in total. The van der Waals surface area contributed by atoms with Crippen molar-refractivity contribution in [3.05, 3.63) is 0 Å². The maximum absolute atomic E-state index is 8.16. The molecule has 4 heteroatoms. The zero-order valence-electron chi connectivity index (χ0n) is 5.63. The summed E-state index contributed by atoms with van der Waals surface area (Å²) in [5.74, 6) is 0.840. The predicted octanol–water partition coefficient (Wildman–Crippen LogP) is 1.17. The van der Waals surface area contributed by atoms with E-state index < -0.39 is 0 Å². The number of methoxy groups -OCH3 is 1. The van der Waals surface area contributed by atoms with E-state index >= 15 is 0 Å². The highest BCUT2D eigenvalue weighted by Gasteiger charge is 1.90.